The van der Waals surface area contributed by atoms with Crippen molar-refractivity contribution in [2.45, 2.75) is 25.8 Å². The third kappa shape index (κ3) is 3.23. The molecule has 1 aromatic rings. The standard InChI is InChI=1S/C10H13ClFNO.ClH/c1-2-3-8(13)9-6(11)4-5-7(12)10(9)14;/h4-5,8,14H,2-3,13H2,1H3;1H/t8-;/m0./s1. The molecule has 3 N–H and O–H groups in total. The molecular formula is C10H14Cl2FNO. The van der Waals surface area contributed by atoms with Gasteiger partial charge >= 0.3 is 0 Å². The maximum Gasteiger partial charge on any atom is 0.165 e. The minimum absolute atomic E-state index is 0. The van der Waals surface area contributed by atoms with Crippen molar-refractivity contribution in [2.75, 3.05) is 0 Å². The van der Waals surface area contributed by atoms with Gasteiger partial charge in [0, 0.05) is 16.6 Å². The highest BCUT2D eigenvalue weighted by Gasteiger charge is 2.17. The van der Waals surface area contributed by atoms with Crippen molar-refractivity contribution in [1.29, 1.82) is 0 Å². The number of halogens is 3. The highest BCUT2D eigenvalue weighted by molar-refractivity contribution is 6.31. The number of phenolic OH excluding ortho intramolecular Hbond substituents is 1. The van der Waals surface area contributed by atoms with E-state index in [1.54, 1.807) is 0 Å². The van der Waals surface area contributed by atoms with Crippen LogP contribution in [0, 0.1) is 5.82 Å². The lowest BCUT2D eigenvalue weighted by Crippen LogP contribution is -2.11. The van der Waals surface area contributed by atoms with Gasteiger partial charge in [-0.05, 0) is 18.6 Å². The first kappa shape index (κ1) is 14.5. The van der Waals surface area contributed by atoms with Crippen LogP contribution in [0.5, 0.6) is 5.75 Å². The zero-order valence-electron chi connectivity index (χ0n) is 8.34. The van der Waals surface area contributed by atoms with Gasteiger partial charge in [0.1, 0.15) is 0 Å². The van der Waals surface area contributed by atoms with Crippen LogP contribution in [0.25, 0.3) is 0 Å². The number of rotatable bonds is 3. The van der Waals surface area contributed by atoms with E-state index < -0.39 is 17.6 Å². The third-order valence-electron chi connectivity index (χ3n) is 2.09. The highest BCUT2D eigenvalue weighted by Crippen LogP contribution is 2.34. The van der Waals surface area contributed by atoms with Crippen LogP contribution in [0.2, 0.25) is 5.02 Å². The molecule has 0 spiro atoms. The van der Waals surface area contributed by atoms with Crippen LogP contribution in [0.4, 0.5) is 4.39 Å². The van der Waals surface area contributed by atoms with Crippen LogP contribution in [0.1, 0.15) is 31.4 Å². The number of nitrogens with two attached hydrogens (primary N) is 1. The summed E-state index contributed by atoms with van der Waals surface area (Å²) in [5, 5.41) is 9.75. The van der Waals surface area contributed by atoms with Crippen LogP contribution < -0.4 is 5.73 Å². The van der Waals surface area contributed by atoms with Crippen molar-refractivity contribution in [3.63, 3.8) is 0 Å². The molecule has 2 nitrogen and oxygen atoms in total. The summed E-state index contributed by atoms with van der Waals surface area (Å²) in [6.07, 6.45) is 1.52. The molecule has 5 heteroatoms. The van der Waals surface area contributed by atoms with Gasteiger partial charge < -0.3 is 10.8 Å². The summed E-state index contributed by atoms with van der Waals surface area (Å²) in [6, 6.07) is 2.12. The van der Waals surface area contributed by atoms with E-state index in [0.29, 0.717) is 17.0 Å². The van der Waals surface area contributed by atoms with Gasteiger partial charge in [0.15, 0.2) is 11.6 Å². The Morgan fingerprint density at radius 2 is 2.13 bits per heavy atom. The van der Waals surface area contributed by atoms with E-state index >= 15 is 0 Å². The van der Waals surface area contributed by atoms with Crippen LogP contribution in [0.15, 0.2) is 12.1 Å². The van der Waals surface area contributed by atoms with Crippen LogP contribution in [0.3, 0.4) is 0 Å². The first-order valence-corrected chi connectivity index (χ1v) is 4.88. The minimum Gasteiger partial charge on any atom is -0.505 e. The Morgan fingerprint density at radius 1 is 1.53 bits per heavy atom. The molecule has 15 heavy (non-hydrogen) atoms. The van der Waals surface area contributed by atoms with Gasteiger partial charge in [0.25, 0.3) is 0 Å². The predicted octanol–water partition coefficient (Wildman–Crippen LogP) is 3.41. The molecule has 1 atom stereocenters. The Labute approximate surface area is 99.6 Å². The first-order valence-electron chi connectivity index (χ1n) is 4.50. The molecule has 0 radical (unpaired) electrons. The van der Waals surface area contributed by atoms with Gasteiger partial charge in [0.2, 0.25) is 0 Å². The molecular weight excluding hydrogens is 240 g/mol. The quantitative estimate of drug-likeness (QED) is 0.868. The zero-order chi connectivity index (χ0) is 10.7. The van der Waals surface area contributed by atoms with Gasteiger partial charge in [-0.1, -0.05) is 24.9 Å². The molecule has 0 aromatic heterocycles. The van der Waals surface area contributed by atoms with Crippen molar-refractivity contribution in [1.82, 2.24) is 0 Å². The number of benzene rings is 1. The second-order valence-electron chi connectivity index (χ2n) is 3.19. The fraction of sp³-hybridized carbons (Fsp3) is 0.400. The molecule has 0 aliphatic heterocycles. The molecule has 0 aliphatic rings. The lowest BCUT2D eigenvalue weighted by atomic mass is 10.0. The summed E-state index contributed by atoms with van der Waals surface area (Å²) >= 11 is 5.83. The largest absolute Gasteiger partial charge is 0.505 e. The Bertz CT molecular complexity index is 333. The molecule has 1 rings (SSSR count). The normalized spacial score (nSPS) is 12.0. The maximum atomic E-state index is 13.0. The van der Waals surface area contributed by atoms with Crippen LogP contribution >= 0.6 is 24.0 Å². The molecule has 0 saturated carbocycles. The minimum atomic E-state index is -0.684. The number of aromatic hydroxyl groups is 1. The van der Waals surface area contributed by atoms with Crippen molar-refractivity contribution < 1.29 is 9.50 Å². The fourth-order valence-corrected chi connectivity index (χ4v) is 1.66. The summed E-state index contributed by atoms with van der Waals surface area (Å²) < 4.78 is 13.0. The lowest BCUT2D eigenvalue weighted by Gasteiger charge is -2.14. The molecule has 0 bridgehead atoms. The Morgan fingerprint density at radius 3 is 2.67 bits per heavy atom. The molecule has 0 amide bonds. The maximum absolute atomic E-state index is 13.0. The zero-order valence-corrected chi connectivity index (χ0v) is 9.91. The summed E-state index contributed by atoms with van der Waals surface area (Å²) in [7, 11) is 0. The van der Waals surface area contributed by atoms with Gasteiger partial charge in [-0.2, -0.15) is 0 Å². The molecule has 86 valence electrons. The van der Waals surface area contributed by atoms with Gasteiger partial charge in [-0.25, -0.2) is 4.39 Å². The number of hydrogen-bond donors (Lipinski definition) is 2. The lowest BCUT2D eigenvalue weighted by molar-refractivity contribution is 0.418. The molecule has 0 unspecified atom stereocenters. The summed E-state index contributed by atoms with van der Waals surface area (Å²) in [5.74, 6) is -1.12. The van der Waals surface area contributed by atoms with Crippen LogP contribution in [-0.4, -0.2) is 5.11 Å². The van der Waals surface area contributed by atoms with E-state index in [-0.39, 0.29) is 12.4 Å². The number of phenols is 1. The molecule has 0 fully saturated rings. The van der Waals surface area contributed by atoms with Crippen molar-refractivity contribution >= 4 is 24.0 Å². The van der Waals surface area contributed by atoms with E-state index in [2.05, 4.69) is 0 Å². The monoisotopic (exact) mass is 253 g/mol. The first-order chi connectivity index (χ1) is 6.57. The second kappa shape index (κ2) is 6.16. The topological polar surface area (TPSA) is 46.2 Å². The van der Waals surface area contributed by atoms with E-state index in [1.807, 2.05) is 6.92 Å². The third-order valence-corrected chi connectivity index (χ3v) is 2.41. The predicted molar refractivity (Wildman–Crippen MR) is 62.2 cm³/mol. The Hall–Kier alpha value is -0.510. The Kier molecular flexibility index (Phi) is 5.95. The fourth-order valence-electron chi connectivity index (χ4n) is 1.36. The van der Waals surface area contributed by atoms with E-state index in [9.17, 15) is 9.50 Å². The molecule has 1 aromatic carbocycles. The highest BCUT2D eigenvalue weighted by atomic mass is 35.5. The van der Waals surface area contributed by atoms with Gasteiger partial charge in [0.05, 0.1) is 0 Å². The average molecular weight is 254 g/mol. The second-order valence-corrected chi connectivity index (χ2v) is 3.59. The smallest absolute Gasteiger partial charge is 0.165 e. The summed E-state index contributed by atoms with van der Waals surface area (Å²) in [6.45, 7) is 1.96. The van der Waals surface area contributed by atoms with Crippen molar-refractivity contribution in [3.8, 4) is 5.75 Å². The molecule has 0 heterocycles. The van der Waals surface area contributed by atoms with E-state index in [0.717, 1.165) is 12.5 Å². The Balaban J connectivity index is 0.00000196. The average Bonchev–Trinajstić information content (AvgIpc) is 2.13. The van der Waals surface area contributed by atoms with Gasteiger partial charge in [-0.3, -0.25) is 0 Å². The molecule has 0 saturated heterocycles. The number of hydrogen-bond acceptors (Lipinski definition) is 2. The van der Waals surface area contributed by atoms with Crippen molar-refractivity contribution in [2.24, 2.45) is 5.73 Å². The van der Waals surface area contributed by atoms with Crippen molar-refractivity contribution in [3.05, 3.63) is 28.5 Å². The SMILES string of the molecule is CCC[C@H](N)c1c(Cl)ccc(F)c1O.Cl. The summed E-state index contributed by atoms with van der Waals surface area (Å²) in [4.78, 5) is 0. The van der Waals surface area contributed by atoms with Gasteiger partial charge in [-0.15, -0.1) is 12.4 Å². The molecule has 0 aliphatic carbocycles. The van der Waals surface area contributed by atoms with E-state index in [4.69, 9.17) is 17.3 Å². The van der Waals surface area contributed by atoms with Crippen LogP contribution in [-0.2, 0) is 0 Å². The van der Waals surface area contributed by atoms with E-state index in [1.165, 1.54) is 6.07 Å². The summed E-state index contributed by atoms with van der Waals surface area (Å²) in [5.41, 5.74) is 6.06.